The minimum Gasteiger partial charge on any atom is -0.507 e. The van der Waals surface area contributed by atoms with Gasteiger partial charge in [-0.05, 0) is 0 Å². The molecule has 2 amide bonds. The number of nitrogens with one attached hydrogen (secondary N) is 1. The summed E-state index contributed by atoms with van der Waals surface area (Å²) in [5.74, 6) is -1.10. The van der Waals surface area contributed by atoms with Gasteiger partial charge in [0.05, 0.1) is 11.1 Å². The van der Waals surface area contributed by atoms with E-state index >= 15 is 0 Å². The summed E-state index contributed by atoms with van der Waals surface area (Å²) < 4.78 is 0. The Kier molecular flexibility index (Phi) is 3.44. The third kappa shape index (κ3) is 3.06. The fourth-order valence-electron chi connectivity index (χ4n) is 0.997. The van der Waals surface area contributed by atoms with Crippen LogP contribution in [0, 0.1) is 10.1 Å². The highest BCUT2D eigenvalue weighted by atomic mass is 16.6. The number of nitro groups is 1. The lowest BCUT2D eigenvalue weighted by Gasteiger charge is -2.01. The highest BCUT2D eigenvalue weighted by Crippen LogP contribution is 2.31. The average molecular weight is 240 g/mol. The van der Waals surface area contributed by atoms with Crippen LogP contribution < -0.4 is 11.2 Å². The number of nitro benzene ring substituents is 1. The lowest BCUT2D eigenvalue weighted by molar-refractivity contribution is -0.385. The molecule has 0 saturated carbocycles. The lowest BCUT2D eigenvalue weighted by atomic mass is 10.2. The van der Waals surface area contributed by atoms with Crippen molar-refractivity contribution in [2.45, 2.75) is 0 Å². The Hall–Kier alpha value is -2.84. The summed E-state index contributed by atoms with van der Waals surface area (Å²) in [6.07, 6.45) is 0.951. The van der Waals surface area contributed by atoms with Crippen molar-refractivity contribution in [2.24, 2.45) is 10.8 Å². The number of benzene rings is 1. The fourth-order valence-corrected chi connectivity index (χ4v) is 0.997. The van der Waals surface area contributed by atoms with Crippen molar-refractivity contribution in [3.05, 3.63) is 27.8 Å². The molecule has 1 aromatic carbocycles. The van der Waals surface area contributed by atoms with Crippen molar-refractivity contribution in [3.63, 3.8) is 0 Å². The monoisotopic (exact) mass is 240 g/mol. The number of nitrogens with two attached hydrogens (primary N) is 1. The Morgan fingerprint density at radius 3 is 2.65 bits per heavy atom. The van der Waals surface area contributed by atoms with Crippen LogP contribution in [-0.4, -0.2) is 27.4 Å². The summed E-state index contributed by atoms with van der Waals surface area (Å²) in [6, 6.07) is 0.773. The van der Waals surface area contributed by atoms with E-state index in [1.165, 1.54) is 0 Å². The standard InChI is InChI=1S/C8H8N4O5/c9-8(15)11-10-3-4-1-5(12(16)17)7(14)2-6(4)13/h1-3,13-14H,(H3,9,11,15)/b10-3+. The number of urea groups is 1. The Morgan fingerprint density at radius 1 is 1.47 bits per heavy atom. The number of aromatic hydroxyl groups is 2. The van der Waals surface area contributed by atoms with E-state index in [9.17, 15) is 20.0 Å². The summed E-state index contributed by atoms with van der Waals surface area (Å²) in [5, 5.41) is 32.3. The van der Waals surface area contributed by atoms with E-state index in [0.717, 1.165) is 18.3 Å². The number of phenols is 2. The molecule has 0 heterocycles. The number of rotatable bonds is 3. The number of phenolic OH excluding ortho intramolecular Hbond substituents is 2. The zero-order valence-corrected chi connectivity index (χ0v) is 8.32. The first kappa shape index (κ1) is 12.2. The lowest BCUT2D eigenvalue weighted by Crippen LogP contribution is -2.24. The molecule has 0 bridgehead atoms. The highest BCUT2D eigenvalue weighted by Gasteiger charge is 2.16. The summed E-state index contributed by atoms with van der Waals surface area (Å²) in [7, 11) is 0. The molecule has 0 spiro atoms. The number of primary amides is 1. The molecule has 0 fully saturated rings. The van der Waals surface area contributed by atoms with Gasteiger partial charge in [-0.2, -0.15) is 5.10 Å². The van der Waals surface area contributed by atoms with Crippen molar-refractivity contribution < 1.29 is 19.9 Å². The number of nitrogens with zero attached hydrogens (tertiary/aromatic N) is 2. The van der Waals surface area contributed by atoms with Gasteiger partial charge in [0.25, 0.3) is 0 Å². The number of hydrogen-bond donors (Lipinski definition) is 4. The van der Waals surface area contributed by atoms with Crippen LogP contribution >= 0.6 is 0 Å². The second-order valence-corrected chi connectivity index (χ2v) is 2.89. The largest absolute Gasteiger partial charge is 0.507 e. The molecule has 0 aromatic heterocycles. The smallest absolute Gasteiger partial charge is 0.332 e. The molecule has 0 aliphatic rings. The molecule has 9 nitrogen and oxygen atoms in total. The van der Waals surface area contributed by atoms with Crippen LogP contribution in [0.5, 0.6) is 11.5 Å². The number of carbonyl (C=O) groups excluding carboxylic acids is 1. The molecule has 0 unspecified atom stereocenters. The minimum atomic E-state index is -0.922. The Bertz CT molecular complexity index is 499. The number of amides is 2. The molecule has 0 aliphatic carbocycles. The fraction of sp³-hybridized carbons (Fsp3) is 0. The van der Waals surface area contributed by atoms with E-state index in [-0.39, 0.29) is 5.56 Å². The van der Waals surface area contributed by atoms with Crippen LogP contribution in [-0.2, 0) is 0 Å². The summed E-state index contributed by atoms with van der Waals surface area (Å²) in [6.45, 7) is 0. The summed E-state index contributed by atoms with van der Waals surface area (Å²) >= 11 is 0. The second-order valence-electron chi connectivity index (χ2n) is 2.89. The molecule has 0 radical (unpaired) electrons. The number of hydrazone groups is 1. The molecular weight excluding hydrogens is 232 g/mol. The molecule has 0 aliphatic heterocycles. The number of hydrogen-bond acceptors (Lipinski definition) is 6. The molecule has 1 rings (SSSR count). The van der Waals surface area contributed by atoms with Gasteiger partial charge >= 0.3 is 11.7 Å². The van der Waals surface area contributed by atoms with Gasteiger partial charge < -0.3 is 15.9 Å². The molecule has 9 heteroatoms. The Balaban J connectivity index is 3.07. The van der Waals surface area contributed by atoms with Crippen LogP contribution in [0.3, 0.4) is 0 Å². The molecule has 5 N–H and O–H groups in total. The zero-order valence-electron chi connectivity index (χ0n) is 8.32. The Labute approximate surface area is 94.3 Å². The highest BCUT2D eigenvalue weighted by molar-refractivity contribution is 5.86. The van der Waals surface area contributed by atoms with E-state index in [1.807, 2.05) is 5.43 Å². The maximum absolute atomic E-state index is 10.5. The first-order valence-electron chi connectivity index (χ1n) is 4.20. The summed E-state index contributed by atoms with van der Waals surface area (Å²) in [4.78, 5) is 20.0. The van der Waals surface area contributed by atoms with Gasteiger partial charge in [-0.1, -0.05) is 0 Å². The van der Waals surface area contributed by atoms with Gasteiger partial charge in [0.15, 0.2) is 5.75 Å². The zero-order chi connectivity index (χ0) is 13.0. The third-order valence-electron chi connectivity index (χ3n) is 1.70. The number of carbonyl (C=O) groups is 1. The van der Waals surface area contributed by atoms with Gasteiger partial charge in [0.2, 0.25) is 0 Å². The second kappa shape index (κ2) is 4.79. The van der Waals surface area contributed by atoms with Crippen molar-refractivity contribution in [3.8, 4) is 11.5 Å². The van der Waals surface area contributed by atoms with Gasteiger partial charge in [0.1, 0.15) is 5.75 Å². The SMILES string of the molecule is NC(=O)N/N=C/c1cc([N+](=O)[O-])c(O)cc1O. The molecule has 17 heavy (non-hydrogen) atoms. The quantitative estimate of drug-likeness (QED) is 0.333. The first-order valence-corrected chi connectivity index (χ1v) is 4.20. The molecule has 1 aromatic rings. The topological polar surface area (TPSA) is 151 Å². The van der Waals surface area contributed by atoms with E-state index in [2.05, 4.69) is 5.10 Å². The van der Waals surface area contributed by atoms with Gasteiger partial charge in [-0.3, -0.25) is 10.1 Å². The van der Waals surface area contributed by atoms with Crippen LogP contribution in [0.25, 0.3) is 0 Å². The Morgan fingerprint density at radius 2 is 2.12 bits per heavy atom. The van der Waals surface area contributed by atoms with Crippen molar-refractivity contribution in [1.82, 2.24) is 5.43 Å². The molecule has 0 atom stereocenters. The van der Waals surface area contributed by atoms with Crippen LogP contribution in [0.4, 0.5) is 10.5 Å². The van der Waals surface area contributed by atoms with Crippen LogP contribution in [0.15, 0.2) is 17.2 Å². The van der Waals surface area contributed by atoms with E-state index in [4.69, 9.17) is 10.8 Å². The first-order chi connectivity index (χ1) is 7.91. The normalized spacial score (nSPS) is 10.4. The van der Waals surface area contributed by atoms with Gasteiger partial charge in [-0.15, -0.1) is 0 Å². The summed E-state index contributed by atoms with van der Waals surface area (Å²) in [5.41, 5.74) is 5.93. The van der Waals surface area contributed by atoms with Crippen molar-refractivity contribution in [2.75, 3.05) is 0 Å². The van der Waals surface area contributed by atoms with Crippen molar-refractivity contribution in [1.29, 1.82) is 0 Å². The predicted octanol–water partition coefficient (Wildman–Crippen LogP) is 0.00820. The van der Waals surface area contributed by atoms with E-state index < -0.39 is 28.1 Å². The third-order valence-corrected chi connectivity index (χ3v) is 1.70. The minimum absolute atomic E-state index is 0.0525. The maximum atomic E-state index is 10.5. The van der Waals surface area contributed by atoms with E-state index in [1.54, 1.807) is 0 Å². The predicted molar refractivity (Wildman–Crippen MR) is 56.7 cm³/mol. The van der Waals surface area contributed by atoms with Crippen LogP contribution in [0.2, 0.25) is 0 Å². The molecular formula is C8H8N4O5. The van der Waals surface area contributed by atoms with E-state index in [0.29, 0.717) is 0 Å². The van der Waals surface area contributed by atoms with Crippen molar-refractivity contribution >= 4 is 17.9 Å². The van der Waals surface area contributed by atoms with Gasteiger partial charge in [-0.25, -0.2) is 10.2 Å². The molecule has 90 valence electrons. The van der Waals surface area contributed by atoms with Crippen LogP contribution in [0.1, 0.15) is 5.56 Å². The molecule has 0 saturated heterocycles. The van der Waals surface area contributed by atoms with Gasteiger partial charge in [0, 0.05) is 17.7 Å². The average Bonchev–Trinajstić information content (AvgIpc) is 2.20. The maximum Gasteiger partial charge on any atom is 0.332 e.